The Labute approximate surface area is 126 Å². The molecule has 0 bridgehead atoms. The maximum absolute atomic E-state index is 10.1. The van der Waals surface area contributed by atoms with Crippen LogP contribution in [0.4, 0.5) is 0 Å². The van der Waals surface area contributed by atoms with E-state index in [1.165, 1.54) is 0 Å². The Morgan fingerprint density at radius 2 is 1.90 bits per heavy atom. The molecular formula is C18H25NO2. The number of fused-ring (bicyclic) bond motifs is 1. The van der Waals surface area contributed by atoms with Crippen molar-refractivity contribution in [2.45, 2.75) is 26.8 Å². The first-order valence-electron chi connectivity index (χ1n) is 7.43. The Kier molecular flexibility index (Phi) is 5.21. The van der Waals surface area contributed by atoms with Crippen LogP contribution in [0.25, 0.3) is 10.8 Å². The highest BCUT2D eigenvalue weighted by Gasteiger charge is 2.17. The van der Waals surface area contributed by atoms with Gasteiger partial charge in [0.25, 0.3) is 0 Å². The largest absolute Gasteiger partial charge is 0.508 e. The third kappa shape index (κ3) is 4.19. The average Bonchev–Trinajstić information content (AvgIpc) is 2.47. The number of hydrogen-bond donors (Lipinski definition) is 2. The lowest BCUT2D eigenvalue weighted by Gasteiger charge is -2.25. The smallest absolute Gasteiger partial charge is 0.120 e. The average molecular weight is 287 g/mol. The highest BCUT2D eigenvalue weighted by Crippen LogP contribution is 2.27. The van der Waals surface area contributed by atoms with Crippen LogP contribution < -0.4 is 5.32 Å². The first-order valence-corrected chi connectivity index (χ1v) is 7.43. The van der Waals surface area contributed by atoms with E-state index in [2.05, 4.69) is 31.3 Å². The van der Waals surface area contributed by atoms with Gasteiger partial charge in [0, 0.05) is 32.4 Å². The van der Waals surface area contributed by atoms with E-state index in [4.69, 9.17) is 4.74 Å². The SMILES string of the molecule is COCCC(C)(C)CNCc1c(O)ccc2ccccc12. The van der Waals surface area contributed by atoms with Gasteiger partial charge in [0.15, 0.2) is 0 Å². The van der Waals surface area contributed by atoms with Crippen LogP contribution in [0.15, 0.2) is 36.4 Å². The molecule has 0 atom stereocenters. The number of methoxy groups -OCH3 is 1. The van der Waals surface area contributed by atoms with Gasteiger partial charge in [-0.05, 0) is 28.7 Å². The summed E-state index contributed by atoms with van der Waals surface area (Å²) in [6, 6.07) is 11.9. The molecule has 0 aliphatic heterocycles. The highest BCUT2D eigenvalue weighted by atomic mass is 16.5. The monoisotopic (exact) mass is 287 g/mol. The summed E-state index contributed by atoms with van der Waals surface area (Å²) in [5, 5.41) is 15.9. The highest BCUT2D eigenvalue weighted by molar-refractivity contribution is 5.87. The van der Waals surface area contributed by atoms with Gasteiger partial charge >= 0.3 is 0 Å². The van der Waals surface area contributed by atoms with Gasteiger partial charge in [-0.2, -0.15) is 0 Å². The summed E-state index contributed by atoms with van der Waals surface area (Å²) >= 11 is 0. The summed E-state index contributed by atoms with van der Waals surface area (Å²) in [5.41, 5.74) is 1.14. The van der Waals surface area contributed by atoms with Gasteiger partial charge in [-0.3, -0.25) is 0 Å². The Balaban J connectivity index is 2.05. The van der Waals surface area contributed by atoms with E-state index >= 15 is 0 Å². The van der Waals surface area contributed by atoms with Crippen molar-refractivity contribution in [3.05, 3.63) is 42.0 Å². The Morgan fingerprint density at radius 1 is 1.14 bits per heavy atom. The Hall–Kier alpha value is -1.58. The minimum Gasteiger partial charge on any atom is -0.508 e. The summed E-state index contributed by atoms with van der Waals surface area (Å²) in [6.07, 6.45) is 1.01. The molecule has 2 N–H and O–H groups in total. The number of phenols is 1. The maximum Gasteiger partial charge on any atom is 0.120 e. The zero-order chi connectivity index (χ0) is 15.3. The van der Waals surface area contributed by atoms with Crippen molar-refractivity contribution < 1.29 is 9.84 Å². The van der Waals surface area contributed by atoms with E-state index in [0.717, 1.165) is 35.9 Å². The van der Waals surface area contributed by atoms with E-state index < -0.39 is 0 Å². The van der Waals surface area contributed by atoms with Gasteiger partial charge in [0.1, 0.15) is 5.75 Å². The van der Waals surface area contributed by atoms with Crippen molar-refractivity contribution in [3.63, 3.8) is 0 Å². The normalized spacial score (nSPS) is 12.0. The molecule has 0 aromatic heterocycles. The zero-order valence-corrected chi connectivity index (χ0v) is 13.1. The molecule has 3 heteroatoms. The van der Waals surface area contributed by atoms with E-state index in [1.807, 2.05) is 18.2 Å². The summed E-state index contributed by atoms with van der Waals surface area (Å²) in [6.45, 7) is 6.78. The topological polar surface area (TPSA) is 41.5 Å². The number of hydrogen-bond acceptors (Lipinski definition) is 3. The molecule has 0 saturated carbocycles. The standard InChI is InChI=1S/C18H25NO2/c1-18(2,10-11-21-3)13-19-12-16-15-7-5-4-6-14(15)8-9-17(16)20/h4-9,19-20H,10-13H2,1-3H3. The van der Waals surface area contributed by atoms with Gasteiger partial charge in [-0.25, -0.2) is 0 Å². The van der Waals surface area contributed by atoms with Crippen LogP contribution in [0.3, 0.4) is 0 Å². The van der Waals surface area contributed by atoms with Gasteiger partial charge in [0.05, 0.1) is 0 Å². The third-order valence-electron chi connectivity index (χ3n) is 3.90. The van der Waals surface area contributed by atoms with Gasteiger partial charge in [-0.1, -0.05) is 44.2 Å². The lowest BCUT2D eigenvalue weighted by molar-refractivity contribution is 0.150. The van der Waals surface area contributed by atoms with Crippen LogP contribution in [0.5, 0.6) is 5.75 Å². The molecule has 0 fully saturated rings. The predicted molar refractivity (Wildman–Crippen MR) is 87.6 cm³/mol. The number of nitrogens with one attached hydrogen (secondary N) is 1. The second-order valence-electron chi connectivity index (χ2n) is 6.29. The van der Waals surface area contributed by atoms with Crippen molar-refractivity contribution in [1.82, 2.24) is 5.32 Å². The van der Waals surface area contributed by atoms with Gasteiger partial charge < -0.3 is 15.2 Å². The van der Waals surface area contributed by atoms with Gasteiger partial charge in [-0.15, -0.1) is 0 Å². The molecule has 3 nitrogen and oxygen atoms in total. The molecule has 21 heavy (non-hydrogen) atoms. The van der Waals surface area contributed by atoms with Crippen LogP contribution in [0.1, 0.15) is 25.8 Å². The lowest BCUT2D eigenvalue weighted by atomic mass is 9.89. The van der Waals surface area contributed by atoms with Crippen molar-refractivity contribution >= 4 is 10.8 Å². The molecule has 2 aromatic rings. The molecule has 0 aliphatic rings. The minimum atomic E-state index is 0.177. The molecule has 0 spiro atoms. The Morgan fingerprint density at radius 3 is 2.67 bits per heavy atom. The number of rotatable bonds is 7. The van der Waals surface area contributed by atoms with Gasteiger partial charge in [0.2, 0.25) is 0 Å². The maximum atomic E-state index is 10.1. The number of aromatic hydroxyl groups is 1. The fourth-order valence-corrected chi connectivity index (χ4v) is 2.50. The second-order valence-corrected chi connectivity index (χ2v) is 6.29. The van der Waals surface area contributed by atoms with Crippen molar-refractivity contribution in [3.8, 4) is 5.75 Å². The van der Waals surface area contributed by atoms with Crippen LogP contribution in [0, 0.1) is 5.41 Å². The molecule has 0 radical (unpaired) electrons. The zero-order valence-electron chi connectivity index (χ0n) is 13.1. The van der Waals surface area contributed by atoms with Crippen molar-refractivity contribution in [1.29, 1.82) is 0 Å². The molecule has 2 rings (SSSR count). The Bertz CT molecular complexity index is 593. The summed E-state index contributed by atoms with van der Waals surface area (Å²) in [7, 11) is 1.73. The molecule has 114 valence electrons. The first-order chi connectivity index (χ1) is 10.0. The lowest BCUT2D eigenvalue weighted by Crippen LogP contribution is -2.30. The second kappa shape index (κ2) is 6.92. The van der Waals surface area contributed by atoms with Crippen LogP contribution in [-0.2, 0) is 11.3 Å². The van der Waals surface area contributed by atoms with E-state index in [1.54, 1.807) is 13.2 Å². The quantitative estimate of drug-likeness (QED) is 0.816. The van der Waals surface area contributed by atoms with Crippen LogP contribution in [-0.4, -0.2) is 25.4 Å². The van der Waals surface area contributed by atoms with E-state index in [-0.39, 0.29) is 5.41 Å². The molecular weight excluding hydrogens is 262 g/mol. The molecule has 0 saturated heterocycles. The third-order valence-corrected chi connectivity index (χ3v) is 3.90. The molecule has 0 aliphatic carbocycles. The molecule has 0 heterocycles. The van der Waals surface area contributed by atoms with Crippen LogP contribution in [0.2, 0.25) is 0 Å². The predicted octanol–water partition coefficient (Wildman–Crippen LogP) is 3.70. The summed E-state index contributed by atoms with van der Waals surface area (Å²) < 4.78 is 5.15. The van der Waals surface area contributed by atoms with E-state index in [9.17, 15) is 5.11 Å². The van der Waals surface area contributed by atoms with Crippen molar-refractivity contribution in [2.24, 2.45) is 5.41 Å². The first kappa shape index (κ1) is 15.8. The number of benzene rings is 2. The van der Waals surface area contributed by atoms with Crippen molar-refractivity contribution in [2.75, 3.05) is 20.3 Å². The minimum absolute atomic E-state index is 0.177. The number of phenolic OH excluding ortho intramolecular Hbond substituents is 1. The molecule has 0 unspecified atom stereocenters. The number of ether oxygens (including phenoxy) is 1. The molecule has 2 aromatic carbocycles. The fourth-order valence-electron chi connectivity index (χ4n) is 2.50. The molecule has 0 amide bonds. The van der Waals surface area contributed by atoms with E-state index in [0.29, 0.717) is 12.3 Å². The van der Waals surface area contributed by atoms with Crippen LogP contribution >= 0.6 is 0 Å². The fraction of sp³-hybridized carbons (Fsp3) is 0.444. The summed E-state index contributed by atoms with van der Waals surface area (Å²) in [4.78, 5) is 0. The summed E-state index contributed by atoms with van der Waals surface area (Å²) in [5.74, 6) is 0.357.